The van der Waals surface area contributed by atoms with E-state index in [1.165, 1.54) is 6.42 Å². The van der Waals surface area contributed by atoms with Crippen LogP contribution in [0.5, 0.6) is 0 Å². The molecule has 17 heavy (non-hydrogen) atoms. The molecule has 2 unspecified atom stereocenters. The van der Waals surface area contributed by atoms with Crippen molar-refractivity contribution in [1.82, 2.24) is 9.97 Å². The summed E-state index contributed by atoms with van der Waals surface area (Å²) in [6, 6.07) is 2.62. The third kappa shape index (κ3) is 2.97. The minimum absolute atomic E-state index is 0.585. The van der Waals surface area contributed by atoms with Gasteiger partial charge in [0.1, 0.15) is 16.2 Å². The molecule has 2 heterocycles. The van der Waals surface area contributed by atoms with Gasteiger partial charge in [-0.3, -0.25) is 0 Å². The molecular weight excluding hydrogens is 278 g/mol. The molecule has 0 spiro atoms. The highest BCUT2D eigenvalue weighted by molar-refractivity contribution is 9.10. The van der Waals surface area contributed by atoms with Gasteiger partial charge in [-0.2, -0.15) is 0 Å². The van der Waals surface area contributed by atoms with Gasteiger partial charge in [0, 0.05) is 25.1 Å². The fraction of sp³-hybridized carbons (Fsp3) is 0.692. The van der Waals surface area contributed by atoms with Crippen LogP contribution in [0, 0.1) is 5.92 Å². The summed E-state index contributed by atoms with van der Waals surface area (Å²) in [5.74, 6) is 2.78. The summed E-state index contributed by atoms with van der Waals surface area (Å²) in [6.45, 7) is 7.85. The van der Waals surface area contributed by atoms with Crippen LogP contribution < -0.4 is 4.90 Å². The van der Waals surface area contributed by atoms with Crippen LogP contribution in [-0.2, 0) is 6.42 Å². The predicted molar refractivity (Wildman–Crippen MR) is 74.3 cm³/mol. The molecule has 1 aliphatic rings. The van der Waals surface area contributed by atoms with Crippen LogP contribution >= 0.6 is 15.9 Å². The van der Waals surface area contributed by atoms with Crippen molar-refractivity contribution in [3.8, 4) is 0 Å². The van der Waals surface area contributed by atoms with Crippen molar-refractivity contribution in [2.75, 3.05) is 11.4 Å². The molecule has 0 amide bonds. The standard InChI is InChI=1S/C13H20BrN3/c1-4-5-12-15-11(14)7-13(16-12)17-8-9(2)6-10(17)3/h7,9-10H,4-6,8H2,1-3H3. The van der Waals surface area contributed by atoms with Gasteiger partial charge in [-0.25, -0.2) is 9.97 Å². The zero-order valence-corrected chi connectivity index (χ0v) is 12.4. The van der Waals surface area contributed by atoms with Crippen LogP contribution in [0.1, 0.15) is 39.4 Å². The van der Waals surface area contributed by atoms with E-state index in [1.807, 2.05) is 6.07 Å². The first-order valence-corrected chi connectivity index (χ1v) is 7.19. The molecule has 1 aliphatic heterocycles. The van der Waals surface area contributed by atoms with Gasteiger partial charge in [0.25, 0.3) is 0 Å². The SMILES string of the molecule is CCCc1nc(Br)cc(N2CC(C)CC2C)n1. The summed E-state index contributed by atoms with van der Waals surface area (Å²) in [5.41, 5.74) is 0. The first-order chi connectivity index (χ1) is 8.10. The molecule has 0 bridgehead atoms. The van der Waals surface area contributed by atoms with Gasteiger partial charge in [-0.05, 0) is 41.6 Å². The van der Waals surface area contributed by atoms with Gasteiger partial charge in [-0.1, -0.05) is 13.8 Å². The fourth-order valence-electron chi connectivity index (χ4n) is 2.55. The van der Waals surface area contributed by atoms with Crippen LogP contribution in [0.4, 0.5) is 5.82 Å². The number of halogens is 1. The van der Waals surface area contributed by atoms with E-state index in [0.29, 0.717) is 6.04 Å². The molecule has 0 aromatic carbocycles. The Morgan fingerprint density at radius 2 is 2.18 bits per heavy atom. The van der Waals surface area contributed by atoms with Crippen molar-refractivity contribution < 1.29 is 0 Å². The van der Waals surface area contributed by atoms with Crippen LogP contribution in [0.3, 0.4) is 0 Å². The van der Waals surface area contributed by atoms with Crippen LogP contribution in [0.2, 0.25) is 0 Å². The summed E-state index contributed by atoms with van der Waals surface area (Å²) in [5, 5.41) is 0. The Bertz CT molecular complexity index is 394. The van der Waals surface area contributed by atoms with Crippen molar-refractivity contribution in [1.29, 1.82) is 0 Å². The second-order valence-electron chi connectivity index (χ2n) is 5.06. The Balaban J connectivity index is 2.25. The molecule has 1 fully saturated rings. The molecule has 94 valence electrons. The van der Waals surface area contributed by atoms with Gasteiger partial charge < -0.3 is 4.90 Å². The molecule has 3 nitrogen and oxygen atoms in total. The zero-order valence-electron chi connectivity index (χ0n) is 10.8. The van der Waals surface area contributed by atoms with Gasteiger partial charge >= 0.3 is 0 Å². The predicted octanol–water partition coefficient (Wildman–Crippen LogP) is 3.43. The third-order valence-electron chi connectivity index (χ3n) is 3.28. The third-order valence-corrected chi connectivity index (χ3v) is 3.69. The summed E-state index contributed by atoms with van der Waals surface area (Å²) in [7, 11) is 0. The van der Waals surface area contributed by atoms with Gasteiger partial charge in [-0.15, -0.1) is 0 Å². The zero-order chi connectivity index (χ0) is 12.4. The van der Waals surface area contributed by atoms with Crippen LogP contribution in [0.15, 0.2) is 10.7 Å². The number of rotatable bonds is 3. The number of hydrogen-bond donors (Lipinski definition) is 0. The maximum absolute atomic E-state index is 4.68. The lowest BCUT2D eigenvalue weighted by atomic mass is 10.1. The number of aryl methyl sites for hydroxylation is 1. The normalized spacial score (nSPS) is 24.4. The molecule has 0 N–H and O–H groups in total. The number of nitrogens with zero attached hydrogens (tertiary/aromatic N) is 3. The monoisotopic (exact) mass is 297 g/mol. The lowest BCUT2D eigenvalue weighted by Crippen LogP contribution is -2.28. The van der Waals surface area contributed by atoms with E-state index in [-0.39, 0.29) is 0 Å². The molecule has 4 heteroatoms. The molecular formula is C13H20BrN3. The Morgan fingerprint density at radius 3 is 2.76 bits per heavy atom. The molecule has 2 atom stereocenters. The first-order valence-electron chi connectivity index (χ1n) is 6.40. The first kappa shape index (κ1) is 12.8. The summed E-state index contributed by atoms with van der Waals surface area (Å²) in [4.78, 5) is 11.5. The highest BCUT2D eigenvalue weighted by atomic mass is 79.9. The highest BCUT2D eigenvalue weighted by Crippen LogP contribution is 2.28. The van der Waals surface area contributed by atoms with Gasteiger partial charge in [0.2, 0.25) is 0 Å². The Hall–Kier alpha value is -0.640. The lowest BCUT2D eigenvalue weighted by molar-refractivity contribution is 0.625. The van der Waals surface area contributed by atoms with Crippen molar-refractivity contribution in [3.05, 3.63) is 16.5 Å². The number of hydrogen-bond acceptors (Lipinski definition) is 3. The molecule has 2 rings (SSSR count). The minimum Gasteiger partial charge on any atom is -0.353 e. The maximum atomic E-state index is 4.68. The average Bonchev–Trinajstić information content (AvgIpc) is 2.57. The summed E-state index contributed by atoms with van der Waals surface area (Å²) >= 11 is 3.49. The van der Waals surface area contributed by atoms with Crippen molar-refractivity contribution in [2.24, 2.45) is 5.92 Å². The lowest BCUT2D eigenvalue weighted by Gasteiger charge is -2.23. The minimum atomic E-state index is 0.585. The second kappa shape index (κ2) is 5.34. The van der Waals surface area contributed by atoms with E-state index >= 15 is 0 Å². The van der Waals surface area contributed by atoms with E-state index in [0.717, 1.165) is 41.5 Å². The maximum Gasteiger partial charge on any atom is 0.133 e. The number of anilines is 1. The van der Waals surface area contributed by atoms with Gasteiger partial charge in [0.15, 0.2) is 0 Å². The Labute approximate surface area is 112 Å². The second-order valence-corrected chi connectivity index (χ2v) is 5.87. The molecule has 0 saturated carbocycles. The molecule has 0 radical (unpaired) electrons. The van der Waals surface area contributed by atoms with Crippen LogP contribution in [-0.4, -0.2) is 22.6 Å². The van der Waals surface area contributed by atoms with Crippen molar-refractivity contribution in [3.63, 3.8) is 0 Å². The molecule has 1 aromatic rings. The van der Waals surface area contributed by atoms with E-state index in [1.54, 1.807) is 0 Å². The van der Waals surface area contributed by atoms with E-state index in [9.17, 15) is 0 Å². The summed E-state index contributed by atoms with van der Waals surface area (Å²) < 4.78 is 0.901. The summed E-state index contributed by atoms with van der Waals surface area (Å²) in [6.07, 6.45) is 3.29. The van der Waals surface area contributed by atoms with Gasteiger partial charge in [0.05, 0.1) is 0 Å². The quantitative estimate of drug-likeness (QED) is 0.801. The Kier molecular flexibility index (Phi) is 4.02. The fourth-order valence-corrected chi connectivity index (χ4v) is 2.96. The smallest absolute Gasteiger partial charge is 0.133 e. The van der Waals surface area contributed by atoms with Crippen molar-refractivity contribution >= 4 is 21.7 Å². The van der Waals surface area contributed by atoms with E-state index in [2.05, 4.69) is 51.6 Å². The molecule has 0 aliphatic carbocycles. The highest BCUT2D eigenvalue weighted by Gasteiger charge is 2.27. The van der Waals surface area contributed by atoms with E-state index < -0.39 is 0 Å². The topological polar surface area (TPSA) is 29.0 Å². The largest absolute Gasteiger partial charge is 0.353 e. The number of aromatic nitrogens is 2. The Morgan fingerprint density at radius 1 is 1.41 bits per heavy atom. The average molecular weight is 298 g/mol. The molecule has 1 saturated heterocycles. The van der Waals surface area contributed by atoms with Crippen molar-refractivity contribution in [2.45, 2.75) is 46.1 Å². The molecule has 1 aromatic heterocycles. The van der Waals surface area contributed by atoms with E-state index in [4.69, 9.17) is 0 Å². The van der Waals surface area contributed by atoms with Crippen LogP contribution in [0.25, 0.3) is 0 Å².